The van der Waals surface area contributed by atoms with Crippen molar-refractivity contribution >= 4 is 43.6 Å². The molecule has 2 aliphatic heterocycles. The monoisotopic (exact) mass is 1050 g/mol. The van der Waals surface area contributed by atoms with E-state index in [1.165, 1.54) is 42.2 Å². The third-order valence-electron chi connectivity index (χ3n) is 12.4. The van der Waals surface area contributed by atoms with Crippen molar-refractivity contribution in [1.82, 2.24) is 9.99 Å². The van der Waals surface area contributed by atoms with E-state index in [0.29, 0.717) is 53.8 Å². The van der Waals surface area contributed by atoms with Crippen molar-refractivity contribution in [1.29, 1.82) is 5.26 Å². The van der Waals surface area contributed by atoms with Gasteiger partial charge in [-0.1, -0.05) is 49.2 Å². The van der Waals surface area contributed by atoms with Crippen LogP contribution in [0.25, 0.3) is 0 Å². The van der Waals surface area contributed by atoms with Gasteiger partial charge in [-0.25, -0.2) is 9.46 Å². The first kappa shape index (κ1) is 55.7. The van der Waals surface area contributed by atoms with Crippen molar-refractivity contribution in [3.8, 4) is 29.1 Å². The van der Waals surface area contributed by atoms with Crippen LogP contribution in [0.3, 0.4) is 0 Å². The lowest BCUT2D eigenvalue weighted by Crippen LogP contribution is -2.43. The van der Waals surface area contributed by atoms with Crippen molar-refractivity contribution in [2.45, 2.75) is 90.6 Å². The SMILES string of the molecule is CC(=O)N(CCOc1ccccc1)c1ccc2c(c1)Oc1cc(N(CCOc3ccccc3)C(=O)C(F)(F)F)ccc1C21OC(=O)c2ccc(C(=O)NCCCCCCOP(OCCC#N)N(C(C)C)C(C)C)cc21. The molecule has 75 heavy (non-hydrogen) atoms. The fourth-order valence-electron chi connectivity index (χ4n) is 9.03. The van der Waals surface area contributed by atoms with E-state index in [2.05, 4.69) is 43.8 Å². The number of carbonyl (C=O) groups excluding carboxylic acids is 4. The number of alkyl halides is 3. The van der Waals surface area contributed by atoms with E-state index in [1.54, 1.807) is 66.7 Å². The molecule has 0 bridgehead atoms. The number of hydrogen-bond acceptors (Lipinski definition) is 12. The lowest BCUT2D eigenvalue weighted by Gasteiger charge is -2.38. The van der Waals surface area contributed by atoms with Crippen LogP contribution in [-0.4, -0.2) is 92.7 Å². The summed E-state index contributed by atoms with van der Waals surface area (Å²) in [4.78, 5) is 56.2. The summed E-state index contributed by atoms with van der Waals surface area (Å²) in [5.41, 5.74) is -0.469. The van der Waals surface area contributed by atoms with Gasteiger partial charge in [0.2, 0.25) is 5.91 Å². The maximum Gasteiger partial charge on any atom is 0.471 e. The van der Waals surface area contributed by atoms with Crippen LogP contribution in [0.4, 0.5) is 24.5 Å². The van der Waals surface area contributed by atoms with Gasteiger partial charge in [-0.05, 0) is 107 Å². The summed E-state index contributed by atoms with van der Waals surface area (Å²) in [5.74, 6) is -2.58. The highest BCUT2D eigenvalue weighted by atomic mass is 31.2. The number of para-hydroxylation sites is 2. The predicted molar refractivity (Wildman–Crippen MR) is 277 cm³/mol. The normalized spacial score (nSPS) is 14.8. The van der Waals surface area contributed by atoms with Gasteiger partial charge in [0.05, 0.1) is 44.4 Å². The molecule has 0 fully saturated rings. The first-order chi connectivity index (χ1) is 36.0. The summed E-state index contributed by atoms with van der Waals surface area (Å²) < 4.78 is 81.7. The number of ether oxygens (including phenoxy) is 4. The van der Waals surface area contributed by atoms with E-state index in [-0.39, 0.29) is 83.6 Å². The fraction of sp³-hybridized carbons (Fsp3) is 0.375. The highest BCUT2D eigenvalue weighted by molar-refractivity contribution is 7.44. The van der Waals surface area contributed by atoms with E-state index >= 15 is 0 Å². The third-order valence-corrected chi connectivity index (χ3v) is 14.5. The quantitative estimate of drug-likeness (QED) is 0.0334. The number of halogens is 3. The Morgan fingerprint density at radius 3 is 1.83 bits per heavy atom. The van der Waals surface area contributed by atoms with E-state index in [9.17, 15) is 32.3 Å². The molecule has 396 valence electrons. The second kappa shape index (κ2) is 25.5. The number of unbranched alkanes of at least 4 members (excludes halogenated alkanes) is 3. The molecule has 1 spiro atoms. The van der Waals surface area contributed by atoms with Crippen LogP contribution in [0.15, 0.2) is 115 Å². The minimum Gasteiger partial charge on any atom is -0.492 e. The van der Waals surface area contributed by atoms with Gasteiger partial charge in [0, 0.05) is 71.3 Å². The number of nitriles is 1. The van der Waals surface area contributed by atoms with Crippen LogP contribution in [0.1, 0.15) is 104 Å². The number of esters is 1. The Bertz CT molecular complexity index is 2820. The van der Waals surface area contributed by atoms with Gasteiger partial charge in [-0.3, -0.25) is 14.4 Å². The molecule has 15 nitrogen and oxygen atoms in total. The molecule has 0 radical (unpaired) electrons. The number of nitrogens with zero attached hydrogens (tertiary/aromatic N) is 4. The average molecular weight is 1050 g/mol. The smallest absolute Gasteiger partial charge is 0.471 e. The van der Waals surface area contributed by atoms with Gasteiger partial charge >= 0.3 is 18.1 Å². The van der Waals surface area contributed by atoms with Crippen LogP contribution < -0.4 is 29.3 Å². The van der Waals surface area contributed by atoms with E-state index in [4.69, 9.17) is 33.3 Å². The lowest BCUT2D eigenvalue weighted by molar-refractivity contribution is -0.170. The Labute approximate surface area is 436 Å². The van der Waals surface area contributed by atoms with Crippen LogP contribution in [0.2, 0.25) is 0 Å². The second-order valence-electron chi connectivity index (χ2n) is 18.3. The zero-order chi connectivity index (χ0) is 53.7. The molecule has 0 saturated carbocycles. The number of anilines is 2. The zero-order valence-electron chi connectivity index (χ0n) is 42.6. The Kier molecular flexibility index (Phi) is 18.9. The van der Waals surface area contributed by atoms with Crippen LogP contribution in [0, 0.1) is 11.3 Å². The van der Waals surface area contributed by atoms with Crippen LogP contribution in [-0.2, 0) is 29.0 Å². The maximum absolute atomic E-state index is 14.3. The van der Waals surface area contributed by atoms with Gasteiger partial charge in [-0.2, -0.15) is 18.4 Å². The van der Waals surface area contributed by atoms with Crippen molar-refractivity contribution in [2.75, 3.05) is 55.9 Å². The number of amides is 3. The van der Waals surface area contributed by atoms with Crippen molar-refractivity contribution < 1.29 is 60.3 Å². The minimum absolute atomic E-state index is 0.0518. The topological polar surface area (TPSA) is 169 Å². The van der Waals surface area contributed by atoms with Crippen molar-refractivity contribution in [3.63, 3.8) is 0 Å². The van der Waals surface area contributed by atoms with Gasteiger partial charge in [0.25, 0.3) is 14.4 Å². The minimum atomic E-state index is -5.26. The Morgan fingerprint density at radius 1 is 0.707 bits per heavy atom. The number of fused-ring (bicyclic) bond motifs is 6. The first-order valence-corrected chi connectivity index (χ1v) is 26.0. The molecule has 19 heteroatoms. The maximum atomic E-state index is 14.3. The number of rotatable bonds is 25. The van der Waals surface area contributed by atoms with Gasteiger partial charge in [0.15, 0.2) is 5.60 Å². The average Bonchev–Trinajstić information content (AvgIpc) is 3.73. The zero-order valence-corrected chi connectivity index (χ0v) is 43.5. The molecule has 3 amide bonds. The summed E-state index contributed by atoms with van der Waals surface area (Å²) in [5, 5.41) is 12.0. The summed E-state index contributed by atoms with van der Waals surface area (Å²) in [7, 11) is -1.34. The molecule has 5 aromatic carbocycles. The van der Waals surface area contributed by atoms with Crippen LogP contribution in [0.5, 0.6) is 23.0 Å². The first-order valence-electron chi connectivity index (χ1n) is 24.9. The molecule has 2 unspecified atom stereocenters. The standard InChI is InChI=1S/C56H61F3N5O10P/c1-38(2)64(39(3)4)75(72-32-16-27-60)71-31-15-7-6-14-28-61-52(66)41-21-24-46-49(35-41)55(74-53(46)67)47-25-22-42(62(40(5)65)29-33-69-44-17-10-8-11-18-44)36-50(47)73-51-37-43(23-26-48(51)55)63(54(68)56(57,58)59)30-34-70-45-19-12-9-13-20-45/h8-13,17-26,35-39H,6-7,14-16,28-34H2,1-5H3,(H,61,66). The Morgan fingerprint density at radius 2 is 1.27 bits per heavy atom. The third kappa shape index (κ3) is 13.5. The molecule has 0 aromatic heterocycles. The number of benzene rings is 5. The second-order valence-corrected chi connectivity index (χ2v) is 19.7. The number of hydrogen-bond donors (Lipinski definition) is 1. The van der Waals surface area contributed by atoms with Gasteiger partial charge in [0.1, 0.15) is 36.2 Å². The highest BCUT2D eigenvalue weighted by Gasteiger charge is 2.54. The Hall–Kier alpha value is -7.03. The van der Waals surface area contributed by atoms with E-state index < -0.39 is 44.6 Å². The highest BCUT2D eigenvalue weighted by Crippen LogP contribution is 2.57. The summed E-state index contributed by atoms with van der Waals surface area (Å²) in [6, 6.07) is 33.4. The molecule has 1 N–H and O–H groups in total. The molecule has 0 aliphatic carbocycles. The number of carbonyl (C=O) groups is 4. The molecular formula is C56H61F3N5O10P. The van der Waals surface area contributed by atoms with Crippen molar-refractivity contribution in [3.05, 3.63) is 143 Å². The van der Waals surface area contributed by atoms with E-state index in [1.807, 2.05) is 18.2 Å². The Balaban J connectivity index is 1.14. The summed E-state index contributed by atoms with van der Waals surface area (Å²) >= 11 is 0. The lowest BCUT2D eigenvalue weighted by atomic mass is 9.77. The van der Waals surface area contributed by atoms with E-state index in [0.717, 1.165) is 19.3 Å². The van der Waals surface area contributed by atoms with Crippen molar-refractivity contribution in [2.24, 2.45) is 0 Å². The van der Waals surface area contributed by atoms with Crippen LogP contribution >= 0.6 is 8.53 Å². The number of nitrogens with one attached hydrogen (secondary N) is 1. The largest absolute Gasteiger partial charge is 0.492 e. The predicted octanol–water partition coefficient (Wildman–Crippen LogP) is 11.2. The van der Waals surface area contributed by atoms with Gasteiger partial charge in [-0.15, -0.1) is 0 Å². The molecule has 2 aliphatic rings. The molecule has 2 heterocycles. The molecular weight excluding hydrogens is 991 g/mol. The molecule has 7 rings (SSSR count). The molecule has 5 aromatic rings. The fourth-order valence-corrected chi connectivity index (χ4v) is 10.7. The summed E-state index contributed by atoms with van der Waals surface area (Å²) in [6.07, 6.45) is -1.91. The summed E-state index contributed by atoms with van der Waals surface area (Å²) in [6.45, 7) is 10.3. The van der Waals surface area contributed by atoms with Gasteiger partial charge < -0.3 is 43.1 Å². The molecule has 0 saturated heterocycles. The molecule has 2 atom stereocenters.